The zero-order valence-electron chi connectivity index (χ0n) is 9.78. The van der Waals surface area contributed by atoms with Crippen molar-refractivity contribution in [2.45, 2.75) is 89.5 Å². The molecule has 0 saturated carbocycles. The van der Waals surface area contributed by atoms with Crippen LogP contribution in [0, 0.1) is 0 Å². The number of hydrogen-bond donors (Lipinski definition) is 0. The average Bonchev–Trinajstić information content (AvgIpc) is 1.89. The molecule has 0 aliphatic heterocycles. The van der Waals surface area contributed by atoms with Crippen molar-refractivity contribution < 1.29 is 0 Å². The molecular formula is C14H44P2. The SMILES string of the molecule is C.C.C.C.CCC.CCC.CCPC(C)P. The van der Waals surface area contributed by atoms with E-state index in [4.69, 9.17) is 0 Å². The molecule has 0 aromatic heterocycles. The van der Waals surface area contributed by atoms with Gasteiger partial charge in [-0.05, 0) is 11.6 Å². The van der Waals surface area contributed by atoms with Crippen molar-refractivity contribution in [3.63, 3.8) is 0 Å². The molecule has 0 aromatic rings. The molecule has 0 heterocycles. The molecular weight excluding hydrogens is 230 g/mol. The largest absolute Gasteiger partial charge is 0.130 e. The molecule has 0 saturated heterocycles. The Bertz CT molecular complexity index is 44.0. The fourth-order valence-corrected chi connectivity index (χ4v) is 1.67. The molecule has 3 unspecified atom stereocenters. The van der Waals surface area contributed by atoms with Crippen LogP contribution in [0.15, 0.2) is 0 Å². The van der Waals surface area contributed by atoms with Crippen LogP contribution in [0.4, 0.5) is 0 Å². The van der Waals surface area contributed by atoms with Crippen LogP contribution < -0.4 is 0 Å². The predicted octanol–water partition coefficient (Wildman–Crippen LogP) is 7.28. The molecule has 0 aliphatic rings. The fraction of sp³-hybridized carbons (Fsp3) is 1.00. The zero-order chi connectivity index (χ0) is 10.4. The highest BCUT2D eigenvalue weighted by molar-refractivity contribution is 7.50. The second-order valence-electron chi connectivity index (χ2n) is 2.76. The molecule has 0 spiro atoms. The van der Waals surface area contributed by atoms with Crippen LogP contribution >= 0.6 is 17.8 Å². The first kappa shape index (κ1) is 43.6. The molecule has 3 atom stereocenters. The predicted molar refractivity (Wildman–Crippen MR) is 96.9 cm³/mol. The molecule has 0 aliphatic carbocycles. The van der Waals surface area contributed by atoms with Crippen LogP contribution in [0.25, 0.3) is 0 Å². The third-order valence-electron chi connectivity index (χ3n) is 0.526. The van der Waals surface area contributed by atoms with E-state index in [2.05, 4.69) is 50.8 Å². The van der Waals surface area contributed by atoms with Crippen LogP contribution in [-0.4, -0.2) is 11.6 Å². The lowest BCUT2D eigenvalue weighted by molar-refractivity contribution is 1.09. The maximum absolute atomic E-state index is 2.79. The molecule has 0 aromatic carbocycles. The minimum absolute atomic E-state index is 0. The van der Waals surface area contributed by atoms with Gasteiger partial charge in [0.1, 0.15) is 0 Å². The summed E-state index contributed by atoms with van der Waals surface area (Å²) < 4.78 is 0. The van der Waals surface area contributed by atoms with Crippen LogP contribution in [0.5, 0.6) is 0 Å². The van der Waals surface area contributed by atoms with Gasteiger partial charge in [0, 0.05) is 0 Å². The van der Waals surface area contributed by atoms with Gasteiger partial charge < -0.3 is 0 Å². The lowest BCUT2D eigenvalue weighted by Crippen LogP contribution is -1.74. The Morgan fingerprint density at radius 2 is 1.00 bits per heavy atom. The lowest BCUT2D eigenvalue weighted by atomic mass is 10.6. The van der Waals surface area contributed by atoms with Crippen LogP contribution in [0.3, 0.4) is 0 Å². The second kappa shape index (κ2) is 56.7. The molecule has 0 fully saturated rings. The van der Waals surface area contributed by atoms with Crippen molar-refractivity contribution in [2.75, 3.05) is 6.16 Å². The highest BCUT2D eigenvalue weighted by Gasteiger charge is 1.84. The lowest BCUT2D eigenvalue weighted by Gasteiger charge is -1.96. The van der Waals surface area contributed by atoms with Crippen molar-refractivity contribution >= 4 is 17.8 Å². The summed E-state index contributed by atoms with van der Waals surface area (Å²) in [6.45, 7) is 13.0. The third-order valence-corrected chi connectivity index (χ3v) is 2.29. The summed E-state index contributed by atoms with van der Waals surface area (Å²) in [6.07, 6.45) is 3.84. The van der Waals surface area contributed by atoms with E-state index in [9.17, 15) is 0 Å². The first-order valence-corrected chi connectivity index (χ1v) is 7.04. The Morgan fingerprint density at radius 3 is 1.00 bits per heavy atom. The van der Waals surface area contributed by atoms with Gasteiger partial charge in [0.05, 0.1) is 0 Å². The van der Waals surface area contributed by atoms with Crippen LogP contribution in [0.1, 0.15) is 84.1 Å². The van der Waals surface area contributed by atoms with E-state index >= 15 is 0 Å². The van der Waals surface area contributed by atoms with Gasteiger partial charge in [-0.15, -0.1) is 17.8 Å². The summed E-state index contributed by atoms with van der Waals surface area (Å²) in [7, 11) is 3.92. The molecule has 0 bridgehead atoms. The van der Waals surface area contributed by atoms with Gasteiger partial charge in [-0.1, -0.05) is 84.1 Å². The normalized spacial score (nSPS) is 8.44. The van der Waals surface area contributed by atoms with Gasteiger partial charge in [0.15, 0.2) is 0 Å². The summed E-state index contributed by atoms with van der Waals surface area (Å²) in [6, 6.07) is 0. The van der Waals surface area contributed by atoms with Gasteiger partial charge in [0.2, 0.25) is 0 Å². The Hall–Kier alpha value is 0.860. The van der Waals surface area contributed by atoms with Gasteiger partial charge in [-0.2, -0.15) is 0 Å². The monoisotopic (exact) mass is 274 g/mol. The molecule has 0 N–H and O–H groups in total. The van der Waals surface area contributed by atoms with Crippen molar-refractivity contribution in [1.29, 1.82) is 0 Å². The summed E-state index contributed by atoms with van der Waals surface area (Å²) in [5.41, 5.74) is 0. The van der Waals surface area contributed by atoms with E-state index in [1.54, 1.807) is 0 Å². The van der Waals surface area contributed by atoms with E-state index in [0.717, 1.165) is 14.0 Å². The molecule has 0 nitrogen and oxygen atoms in total. The molecule has 0 radical (unpaired) electrons. The van der Waals surface area contributed by atoms with E-state index in [0.29, 0.717) is 0 Å². The fourth-order valence-electron chi connectivity index (χ4n) is 0.322. The first-order valence-electron chi connectivity index (χ1n) is 5.09. The smallest absolute Gasteiger partial charge is 0.0118 e. The van der Waals surface area contributed by atoms with E-state index in [-0.39, 0.29) is 29.7 Å². The van der Waals surface area contributed by atoms with Gasteiger partial charge in [0.25, 0.3) is 0 Å². The van der Waals surface area contributed by atoms with E-state index in [1.807, 2.05) is 0 Å². The number of rotatable bonds is 2. The summed E-state index contributed by atoms with van der Waals surface area (Å²) in [4.78, 5) is 0. The molecule has 16 heavy (non-hydrogen) atoms. The van der Waals surface area contributed by atoms with Crippen molar-refractivity contribution in [3.05, 3.63) is 0 Å². The highest BCUT2D eigenvalue weighted by atomic mass is 31.1. The molecule has 2 heteroatoms. The van der Waals surface area contributed by atoms with E-state index < -0.39 is 0 Å². The van der Waals surface area contributed by atoms with Crippen molar-refractivity contribution in [3.8, 4) is 0 Å². The minimum atomic E-state index is 0. The van der Waals surface area contributed by atoms with Gasteiger partial charge in [-0.3, -0.25) is 0 Å². The quantitative estimate of drug-likeness (QED) is 0.464. The first-order chi connectivity index (χ1) is 5.60. The standard InChI is InChI=1S/C4H12P2.2C3H8.4CH4/c1-3-6-4(2)5;2*1-3-2;;;;/h4,6H,3,5H2,1-2H3;2*3H2,1-2H3;4*1H4. The maximum atomic E-state index is 2.79. The second-order valence-corrected chi connectivity index (χ2v) is 6.45. The molecule has 0 amide bonds. The zero-order valence-corrected chi connectivity index (χ0v) is 11.9. The summed E-state index contributed by atoms with van der Waals surface area (Å²) in [5, 5.41) is 0.843. The Labute approximate surface area is 114 Å². The minimum Gasteiger partial charge on any atom is -0.130 e. The topological polar surface area (TPSA) is 0 Å². The van der Waals surface area contributed by atoms with Crippen LogP contribution in [0.2, 0.25) is 0 Å². The van der Waals surface area contributed by atoms with Crippen molar-refractivity contribution in [2.24, 2.45) is 0 Å². The van der Waals surface area contributed by atoms with Crippen molar-refractivity contribution in [1.82, 2.24) is 0 Å². The number of hydrogen-bond acceptors (Lipinski definition) is 0. The molecule has 110 valence electrons. The Kier molecular flexibility index (Phi) is 155. The van der Waals surface area contributed by atoms with Crippen LogP contribution in [-0.2, 0) is 0 Å². The average molecular weight is 274 g/mol. The van der Waals surface area contributed by atoms with E-state index in [1.165, 1.54) is 19.0 Å². The van der Waals surface area contributed by atoms with Gasteiger partial charge in [-0.25, -0.2) is 0 Å². The molecule has 0 rings (SSSR count). The third kappa shape index (κ3) is 192. The summed E-state index contributed by atoms with van der Waals surface area (Å²) in [5.74, 6) is 0. The maximum Gasteiger partial charge on any atom is -0.0118 e. The summed E-state index contributed by atoms with van der Waals surface area (Å²) >= 11 is 0. The highest BCUT2D eigenvalue weighted by Crippen LogP contribution is 2.22. The Balaban J connectivity index is -0.0000000145. The van der Waals surface area contributed by atoms with Gasteiger partial charge >= 0.3 is 0 Å². The Morgan fingerprint density at radius 1 is 0.812 bits per heavy atom.